The van der Waals surface area contributed by atoms with Gasteiger partial charge in [0.15, 0.2) is 0 Å². The second-order valence-electron chi connectivity index (χ2n) is 9.65. The fourth-order valence-corrected chi connectivity index (χ4v) is 4.57. The van der Waals surface area contributed by atoms with Gasteiger partial charge in [-0.15, -0.1) is 0 Å². The highest BCUT2D eigenvalue weighted by atomic mass is 14.5. The Labute approximate surface area is 161 Å². The van der Waals surface area contributed by atoms with Gasteiger partial charge in [-0.2, -0.15) is 0 Å². The molecule has 25 heavy (non-hydrogen) atoms. The Bertz CT molecular complexity index is 290. The minimum Gasteiger partial charge on any atom is -0.0654 e. The largest absolute Gasteiger partial charge is 0.0654 e. The first-order valence-electron chi connectivity index (χ1n) is 11.9. The van der Waals surface area contributed by atoms with Crippen molar-refractivity contribution in [3.63, 3.8) is 0 Å². The van der Waals surface area contributed by atoms with Gasteiger partial charge >= 0.3 is 0 Å². The van der Waals surface area contributed by atoms with Crippen molar-refractivity contribution in [2.75, 3.05) is 0 Å². The van der Waals surface area contributed by atoms with Crippen LogP contribution in [-0.2, 0) is 0 Å². The van der Waals surface area contributed by atoms with Gasteiger partial charge in [-0.05, 0) is 29.6 Å². The molecular weight excluding hydrogens is 300 g/mol. The van der Waals surface area contributed by atoms with E-state index in [1.165, 1.54) is 96.3 Å². The topological polar surface area (TPSA) is 0 Å². The molecule has 2 atom stereocenters. The summed E-state index contributed by atoms with van der Waals surface area (Å²) in [5.41, 5.74) is 0.968. The maximum Gasteiger partial charge on any atom is -0.0272 e. The van der Waals surface area contributed by atoms with E-state index in [9.17, 15) is 0 Å². The Hall–Kier alpha value is 0. The Morgan fingerprint density at radius 2 is 0.960 bits per heavy atom. The monoisotopic (exact) mass is 352 g/mol. The highest BCUT2D eigenvalue weighted by Crippen LogP contribution is 2.52. The van der Waals surface area contributed by atoms with Crippen molar-refractivity contribution in [1.82, 2.24) is 0 Å². The SMILES string of the molecule is CCCCCCCCC(C)(CCCCCCC)C(C)(C)C(C)CCC. The van der Waals surface area contributed by atoms with Crippen LogP contribution in [0.25, 0.3) is 0 Å². The Morgan fingerprint density at radius 1 is 0.560 bits per heavy atom. The smallest absolute Gasteiger partial charge is 0.0272 e. The zero-order valence-corrected chi connectivity index (χ0v) is 19.2. The van der Waals surface area contributed by atoms with Crippen molar-refractivity contribution in [3.8, 4) is 0 Å². The lowest BCUT2D eigenvalue weighted by molar-refractivity contribution is 0.00665. The molecule has 0 heterocycles. The van der Waals surface area contributed by atoms with E-state index in [0.29, 0.717) is 10.8 Å². The molecule has 2 unspecified atom stereocenters. The molecule has 152 valence electrons. The summed E-state index contributed by atoms with van der Waals surface area (Å²) < 4.78 is 0. The van der Waals surface area contributed by atoms with Crippen LogP contribution in [0.2, 0.25) is 0 Å². The van der Waals surface area contributed by atoms with Crippen molar-refractivity contribution < 1.29 is 0 Å². The molecule has 0 aromatic heterocycles. The molecule has 0 bridgehead atoms. The van der Waals surface area contributed by atoms with Gasteiger partial charge in [0.25, 0.3) is 0 Å². The van der Waals surface area contributed by atoms with E-state index >= 15 is 0 Å². The van der Waals surface area contributed by atoms with Gasteiger partial charge in [0.2, 0.25) is 0 Å². The van der Waals surface area contributed by atoms with Gasteiger partial charge in [-0.1, -0.05) is 132 Å². The first kappa shape index (κ1) is 25.0. The minimum absolute atomic E-state index is 0.456. The van der Waals surface area contributed by atoms with Crippen LogP contribution in [0.5, 0.6) is 0 Å². The van der Waals surface area contributed by atoms with Crippen LogP contribution in [0, 0.1) is 16.7 Å². The highest BCUT2D eigenvalue weighted by Gasteiger charge is 2.42. The summed E-state index contributed by atoms with van der Waals surface area (Å²) >= 11 is 0. The van der Waals surface area contributed by atoms with E-state index in [2.05, 4.69) is 48.5 Å². The Balaban J connectivity index is 4.66. The maximum atomic E-state index is 2.63. The molecule has 0 saturated carbocycles. The van der Waals surface area contributed by atoms with Crippen molar-refractivity contribution in [1.29, 1.82) is 0 Å². The summed E-state index contributed by atoms with van der Waals surface area (Å²) in [6, 6.07) is 0. The van der Waals surface area contributed by atoms with E-state index in [1.807, 2.05) is 0 Å². The molecule has 0 aliphatic heterocycles. The molecule has 0 aromatic carbocycles. The van der Waals surface area contributed by atoms with E-state index < -0.39 is 0 Å². The molecule has 0 spiro atoms. The van der Waals surface area contributed by atoms with Crippen LogP contribution in [0.1, 0.15) is 145 Å². The van der Waals surface area contributed by atoms with Crippen LogP contribution in [0.4, 0.5) is 0 Å². The molecule has 0 aromatic rings. The molecule has 0 heteroatoms. The van der Waals surface area contributed by atoms with Gasteiger partial charge in [0.05, 0.1) is 0 Å². The number of unbranched alkanes of at least 4 members (excludes halogenated alkanes) is 9. The summed E-state index contributed by atoms with van der Waals surface area (Å²) in [7, 11) is 0. The third kappa shape index (κ3) is 9.48. The number of rotatable bonds is 17. The zero-order valence-electron chi connectivity index (χ0n) is 19.2. The lowest BCUT2D eigenvalue weighted by Gasteiger charge is -2.49. The van der Waals surface area contributed by atoms with Crippen molar-refractivity contribution in [2.24, 2.45) is 16.7 Å². The number of hydrogen-bond acceptors (Lipinski definition) is 0. The van der Waals surface area contributed by atoms with E-state index in [4.69, 9.17) is 0 Å². The summed E-state index contributed by atoms with van der Waals surface area (Å²) in [5.74, 6) is 0.832. The fraction of sp³-hybridized carbons (Fsp3) is 1.00. The third-order valence-electron chi connectivity index (χ3n) is 7.42. The zero-order chi connectivity index (χ0) is 19.2. The normalized spacial score (nSPS) is 16.0. The quantitative estimate of drug-likeness (QED) is 0.228. The fourth-order valence-electron chi connectivity index (χ4n) is 4.57. The molecule has 0 amide bonds. The van der Waals surface area contributed by atoms with Gasteiger partial charge in [0.1, 0.15) is 0 Å². The lowest BCUT2D eigenvalue weighted by Crippen LogP contribution is -2.40. The third-order valence-corrected chi connectivity index (χ3v) is 7.42. The first-order chi connectivity index (χ1) is 11.9. The van der Waals surface area contributed by atoms with E-state index in [1.54, 1.807) is 0 Å². The molecule has 0 N–H and O–H groups in total. The molecule has 0 saturated heterocycles. The summed E-state index contributed by atoms with van der Waals surface area (Å²) in [5, 5.41) is 0. The second kappa shape index (κ2) is 14.1. The molecule has 0 radical (unpaired) electrons. The molecule has 0 fully saturated rings. The van der Waals surface area contributed by atoms with E-state index in [-0.39, 0.29) is 0 Å². The van der Waals surface area contributed by atoms with Crippen molar-refractivity contribution in [3.05, 3.63) is 0 Å². The Morgan fingerprint density at radius 3 is 1.36 bits per heavy atom. The second-order valence-corrected chi connectivity index (χ2v) is 9.65. The maximum absolute atomic E-state index is 2.63. The van der Waals surface area contributed by atoms with Crippen LogP contribution in [0.15, 0.2) is 0 Å². The van der Waals surface area contributed by atoms with Crippen LogP contribution < -0.4 is 0 Å². The molecule has 0 nitrogen and oxygen atoms in total. The molecule has 0 aliphatic carbocycles. The standard InChI is InChI=1S/C25H52/c1-8-11-13-15-17-19-22-25(7,21-18-16-14-12-9-2)24(5,6)23(4)20-10-3/h23H,8-22H2,1-7H3. The Kier molecular flexibility index (Phi) is 14.1. The summed E-state index contributed by atoms with van der Waals surface area (Å²) in [6.45, 7) is 17.3. The first-order valence-corrected chi connectivity index (χ1v) is 11.9. The van der Waals surface area contributed by atoms with Gasteiger partial charge in [-0.25, -0.2) is 0 Å². The lowest BCUT2D eigenvalue weighted by atomic mass is 9.56. The summed E-state index contributed by atoms with van der Waals surface area (Å²) in [4.78, 5) is 0. The van der Waals surface area contributed by atoms with Crippen LogP contribution >= 0.6 is 0 Å². The predicted octanol–water partition coefficient (Wildman–Crippen LogP) is 9.57. The molecular formula is C25H52. The van der Waals surface area contributed by atoms with Gasteiger partial charge < -0.3 is 0 Å². The molecule has 0 aliphatic rings. The van der Waals surface area contributed by atoms with Crippen molar-refractivity contribution in [2.45, 2.75) is 145 Å². The van der Waals surface area contributed by atoms with Crippen LogP contribution in [0.3, 0.4) is 0 Å². The van der Waals surface area contributed by atoms with Gasteiger partial charge in [-0.3, -0.25) is 0 Å². The predicted molar refractivity (Wildman–Crippen MR) is 117 cm³/mol. The average Bonchev–Trinajstić information content (AvgIpc) is 2.58. The minimum atomic E-state index is 0.456. The van der Waals surface area contributed by atoms with Crippen molar-refractivity contribution >= 4 is 0 Å². The van der Waals surface area contributed by atoms with Gasteiger partial charge in [0, 0.05) is 0 Å². The number of hydrogen-bond donors (Lipinski definition) is 0. The van der Waals surface area contributed by atoms with Crippen LogP contribution in [-0.4, -0.2) is 0 Å². The summed E-state index contributed by atoms with van der Waals surface area (Å²) in [6.07, 6.45) is 21.3. The van der Waals surface area contributed by atoms with E-state index in [0.717, 1.165) is 5.92 Å². The highest BCUT2D eigenvalue weighted by molar-refractivity contribution is 4.92. The molecule has 0 rings (SSSR count). The average molecular weight is 353 g/mol.